The minimum absolute atomic E-state index is 0.0345. The molecule has 4 aliphatic heterocycles. The maximum absolute atomic E-state index is 14.0. The molecular weight excluding hydrogens is 673 g/mol. The zero-order valence-electron chi connectivity index (χ0n) is 27.3. The minimum Gasteiger partial charge on any atom is -0.492 e. The summed E-state index contributed by atoms with van der Waals surface area (Å²) in [6.45, 7) is 4.80. The van der Waals surface area contributed by atoms with Crippen molar-refractivity contribution in [2.45, 2.75) is 69.2 Å². The summed E-state index contributed by atoms with van der Waals surface area (Å²) in [5, 5.41) is 12.2. The van der Waals surface area contributed by atoms with Gasteiger partial charge in [0.05, 0.1) is 12.6 Å². The molecule has 2 amide bonds. The van der Waals surface area contributed by atoms with Gasteiger partial charge in [0.1, 0.15) is 35.4 Å². The number of β-amino-alcohol motifs (C(OH)–C–C–N with tert-alkyl or cyclic N) is 1. The van der Waals surface area contributed by atoms with Crippen LogP contribution in [0.1, 0.15) is 56.2 Å². The molecule has 0 spiro atoms. The highest BCUT2D eigenvalue weighted by Crippen LogP contribution is 2.50. The van der Waals surface area contributed by atoms with Crippen LogP contribution < -0.4 is 29.0 Å². The molecule has 1 aliphatic carbocycles. The number of amides is 2. The van der Waals surface area contributed by atoms with Crippen molar-refractivity contribution in [3.8, 4) is 28.7 Å². The van der Waals surface area contributed by atoms with E-state index in [-0.39, 0.29) is 54.0 Å². The van der Waals surface area contributed by atoms with E-state index in [1.807, 2.05) is 4.90 Å². The molecule has 16 heteroatoms. The van der Waals surface area contributed by atoms with Crippen LogP contribution in [0.2, 0.25) is 0 Å². The topological polar surface area (TPSA) is 119 Å². The second-order valence-electron chi connectivity index (χ2n) is 13.8. The zero-order valence-corrected chi connectivity index (χ0v) is 27.3. The molecule has 50 heavy (non-hydrogen) atoms. The highest BCUT2D eigenvalue weighted by Gasteiger charge is 2.50. The first-order chi connectivity index (χ1) is 23.7. The van der Waals surface area contributed by atoms with Crippen LogP contribution in [0.3, 0.4) is 0 Å². The van der Waals surface area contributed by atoms with Gasteiger partial charge in [0.25, 0.3) is 0 Å². The van der Waals surface area contributed by atoms with E-state index >= 15 is 0 Å². The smallest absolute Gasteiger partial charge is 0.492 e. The van der Waals surface area contributed by atoms with Crippen LogP contribution in [0.15, 0.2) is 30.3 Å². The molecule has 2 aromatic carbocycles. The number of rotatable bonds is 7. The first-order valence-electron chi connectivity index (χ1n) is 16.8. The van der Waals surface area contributed by atoms with Gasteiger partial charge in [0.15, 0.2) is 11.5 Å². The van der Waals surface area contributed by atoms with Crippen molar-refractivity contribution in [3.63, 3.8) is 0 Å². The van der Waals surface area contributed by atoms with Crippen LogP contribution in [0, 0.1) is 11.8 Å². The molecule has 2 fully saturated rings. The Kier molecular flexibility index (Phi) is 8.90. The van der Waals surface area contributed by atoms with Gasteiger partial charge in [-0.2, -0.15) is 0 Å². The number of alkyl halides is 5. The molecule has 3 atom stereocenters. The Bertz CT molecular complexity index is 1630. The second kappa shape index (κ2) is 12.9. The average Bonchev–Trinajstić information content (AvgIpc) is 3.56. The fraction of sp³-hybridized carbons (Fsp3) is 0.588. The van der Waals surface area contributed by atoms with Crippen LogP contribution >= 0.6 is 0 Å². The Labute approximate surface area is 284 Å². The first-order valence-corrected chi connectivity index (χ1v) is 16.8. The fourth-order valence-corrected chi connectivity index (χ4v) is 7.76. The third-order valence-electron chi connectivity index (χ3n) is 10.5. The Balaban J connectivity index is 1.07. The van der Waals surface area contributed by atoms with Crippen molar-refractivity contribution >= 4 is 11.8 Å². The molecule has 5 aliphatic rings. The van der Waals surface area contributed by atoms with Gasteiger partial charge in [-0.15, -0.1) is 22.0 Å². The van der Waals surface area contributed by atoms with E-state index in [2.05, 4.69) is 24.4 Å². The summed E-state index contributed by atoms with van der Waals surface area (Å²) in [7, 11) is 0. The van der Waals surface area contributed by atoms with E-state index in [1.165, 1.54) is 18.2 Å². The van der Waals surface area contributed by atoms with E-state index in [9.17, 15) is 36.6 Å². The number of carbonyl (C=O) groups excluding carboxylic acids is 2. The lowest BCUT2D eigenvalue weighted by Crippen LogP contribution is -2.51. The molecular formula is C34H38F5N3O8. The maximum Gasteiger partial charge on any atom is 0.586 e. The van der Waals surface area contributed by atoms with E-state index < -0.39 is 41.9 Å². The van der Waals surface area contributed by atoms with E-state index in [0.717, 1.165) is 12.1 Å². The first kappa shape index (κ1) is 34.4. The van der Waals surface area contributed by atoms with E-state index in [4.69, 9.17) is 9.47 Å². The monoisotopic (exact) mass is 711 g/mol. The van der Waals surface area contributed by atoms with Gasteiger partial charge in [-0.3, -0.25) is 14.5 Å². The predicted molar refractivity (Wildman–Crippen MR) is 164 cm³/mol. The summed E-state index contributed by atoms with van der Waals surface area (Å²) in [5.41, 5.74) is -0.534. The maximum atomic E-state index is 14.0. The Hall–Kier alpha value is -4.05. The van der Waals surface area contributed by atoms with Gasteiger partial charge >= 0.3 is 12.7 Å². The number of hydrogen-bond acceptors (Lipinski definition) is 9. The van der Waals surface area contributed by atoms with Gasteiger partial charge in [-0.1, -0.05) is 0 Å². The minimum atomic E-state index is -4.92. The molecule has 1 saturated carbocycles. The molecule has 0 bridgehead atoms. The largest absolute Gasteiger partial charge is 0.586 e. The van der Waals surface area contributed by atoms with Gasteiger partial charge in [0, 0.05) is 68.3 Å². The van der Waals surface area contributed by atoms with Crippen molar-refractivity contribution in [1.29, 1.82) is 0 Å². The van der Waals surface area contributed by atoms with Crippen LogP contribution in [0.25, 0.3) is 0 Å². The molecule has 7 rings (SSSR count). The van der Waals surface area contributed by atoms with Crippen molar-refractivity contribution in [2.24, 2.45) is 11.8 Å². The van der Waals surface area contributed by atoms with E-state index in [0.29, 0.717) is 76.0 Å². The molecule has 0 radical (unpaired) electrons. The summed E-state index contributed by atoms with van der Waals surface area (Å²) >= 11 is 0. The van der Waals surface area contributed by atoms with Crippen molar-refractivity contribution in [2.75, 3.05) is 45.9 Å². The molecule has 11 nitrogen and oxygen atoms in total. The standard InChI is InChI=1S/C34H38F5N3O8/c1-32(18-46-27-17-29-28(15-23(27)32)49-34(38,39)50-29)31(45)40-24-16-25(47-26-14-21(6-7-22(24)26)48-33(35,36)37)19-2-4-20(5-3-19)30(44)42-10-8-41(9-11-42)12-13-43/h6-7,14-15,17,19-20,24-25,43H,2-5,8-13,16,18H2,1H3,(H,40,45)/t19?,20?,24-,25-,32+/m1/s1. The predicted octanol–water partition coefficient (Wildman–Crippen LogP) is 4.51. The number of benzene rings is 2. The Morgan fingerprint density at radius 3 is 2.36 bits per heavy atom. The molecule has 0 unspecified atom stereocenters. The van der Waals surface area contributed by atoms with Crippen LogP contribution in [0.4, 0.5) is 22.0 Å². The van der Waals surface area contributed by atoms with Gasteiger partial charge < -0.3 is 39.0 Å². The summed E-state index contributed by atoms with van der Waals surface area (Å²) in [5.74, 6) is -1.12. The third-order valence-corrected chi connectivity index (χ3v) is 10.5. The molecule has 4 heterocycles. The third kappa shape index (κ3) is 6.83. The van der Waals surface area contributed by atoms with E-state index in [1.54, 1.807) is 6.92 Å². The number of fused-ring (bicyclic) bond motifs is 3. The lowest BCUT2D eigenvalue weighted by atomic mass is 9.76. The van der Waals surface area contributed by atoms with Gasteiger partial charge in [-0.05, 0) is 56.7 Å². The highest BCUT2D eigenvalue weighted by atomic mass is 19.4. The number of ether oxygens (including phenoxy) is 5. The summed E-state index contributed by atoms with van der Waals surface area (Å²) < 4.78 is 92.1. The van der Waals surface area contributed by atoms with Gasteiger partial charge in [0.2, 0.25) is 11.8 Å². The Morgan fingerprint density at radius 1 is 0.980 bits per heavy atom. The van der Waals surface area contributed by atoms with Gasteiger partial charge in [-0.25, -0.2) is 0 Å². The summed E-state index contributed by atoms with van der Waals surface area (Å²) in [6, 6.07) is 5.63. The molecule has 2 N–H and O–H groups in total. The normalized spacial score (nSPS) is 28.6. The number of nitrogens with one attached hydrogen (secondary N) is 1. The highest BCUT2D eigenvalue weighted by molar-refractivity contribution is 5.90. The van der Waals surface area contributed by atoms with Crippen LogP contribution in [-0.2, 0) is 15.0 Å². The number of aliphatic hydroxyl groups is 1. The van der Waals surface area contributed by atoms with Crippen molar-refractivity contribution in [1.82, 2.24) is 15.1 Å². The van der Waals surface area contributed by atoms with Crippen molar-refractivity contribution in [3.05, 3.63) is 41.5 Å². The average molecular weight is 712 g/mol. The number of carbonyl (C=O) groups is 2. The lowest BCUT2D eigenvalue weighted by Gasteiger charge is -2.41. The van der Waals surface area contributed by atoms with Crippen LogP contribution in [-0.4, -0.2) is 91.4 Å². The number of piperazine rings is 1. The number of hydrogen-bond donors (Lipinski definition) is 2. The zero-order chi connectivity index (χ0) is 35.4. The van der Waals surface area contributed by atoms with Crippen molar-refractivity contribution < 1.29 is 60.3 Å². The second-order valence-corrected chi connectivity index (χ2v) is 13.8. The number of aliphatic hydroxyl groups excluding tert-OH is 1. The fourth-order valence-electron chi connectivity index (χ4n) is 7.76. The summed E-state index contributed by atoms with van der Waals surface area (Å²) in [6.07, 6.45) is -6.39. The van der Waals surface area contributed by atoms with Crippen LogP contribution in [0.5, 0.6) is 28.7 Å². The lowest BCUT2D eigenvalue weighted by molar-refractivity contribution is -0.286. The molecule has 1 saturated heterocycles. The number of nitrogens with zero attached hydrogens (tertiary/aromatic N) is 2. The SMILES string of the molecule is C[C@]1(C(=O)N[C@@H]2C[C@H](C3CCC(C(=O)N4CCN(CCO)CC4)CC3)Oc3cc(OC(F)(F)F)ccc32)COc2cc3c(cc21)OC(F)(F)O3. The molecule has 2 aromatic rings. The quantitative estimate of drug-likeness (QED) is 0.400. The summed E-state index contributed by atoms with van der Waals surface area (Å²) in [4.78, 5) is 31.4. The number of halogens is 5. The molecule has 0 aromatic heterocycles. The Morgan fingerprint density at radius 2 is 1.68 bits per heavy atom. The molecule has 272 valence electrons.